The van der Waals surface area contributed by atoms with Crippen LogP contribution >= 0.6 is 0 Å². The van der Waals surface area contributed by atoms with E-state index in [2.05, 4.69) is 126 Å². The van der Waals surface area contributed by atoms with Crippen molar-refractivity contribution in [3.63, 3.8) is 0 Å². The Morgan fingerprint density at radius 2 is 1.19 bits per heavy atom. The Morgan fingerprint density at radius 1 is 0.679 bits per heavy atom. The van der Waals surface area contributed by atoms with E-state index in [1.54, 1.807) is 22.3 Å². The van der Waals surface area contributed by atoms with Gasteiger partial charge in [0.2, 0.25) is 0 Å². The van der Waals surface area contributed by atoms with E-state index in [0.717, 1.165) is 88.1 Å². The summed E-state index contributed by atoms with van der Waals surface area (Å²) < 4.78 is 20.6. The summed E-state index contributed by atoms with van der Waals surface area (Å²) in [6, 6.07) is 17.7. The fourth-order valence-electron chi connectivity index (χ4n) is 21.3. The van der Waals surface area contributed by atoms with Crippen molar-refractivity contribution in [1.82, 2.24) is 10.2 Å². The lowest BCUT2D eigenvalue weighted by Crippen LogP contribution is -2.54. The Kier molecular flexibility index (Phi) is 13.5. The summed E-state index contributed by atoms with van der Waals surface area (Å²) >= 11 is 0. The fraction of sp³-hybridized carbons (Fsp3) is 0.700. The number of allylic oxidation sites excluding steroid dienone is 4. The number of benzene rings is 2. The van der Waals surface area contributed by atoms with Crippen LogP contribution < -0.4 is 5.32 Å². The van der Waals surface area contributed by atoms with Crippen molar-refractivity contribution in [2.75, 3.05) is 19.7 Å². The van der Waals surface area contributed by atoms with E-state index in [1.165, 1.54) is 84.8 Å². The van der Waals surface area contributed by atoms with Gasteiger partial charge in [-0.2, -0.15) is 0 Å². The highest BCUT2D eigenvalue weighted by atomic mass is 16.6. The van der Waals surface area contributed by atoms with E-state index in [4.69, 9.17) is 14.2 Å². The molecule has 1 amide bonds. The van der Waals surface area contributed by atoms with E-state index >= 15 is 0 Å². The number of aliphatic hydroxyl groups excluding tert-OH is 2. The van der Waals surface area contributed by atoms with Gasteiger partial charge in [0.05, 0.1) is 41.7 Å². The van der Waals surface area contributed by atoms with Crippen LogP contribution in [0.25, 0.3) is 11.1 Å². The largest absolute Gasteiger partial charge is 0.448 e. The maximum Gasteiger partial charge on any atom is 0.410 e. The maximum absolute atomic E-state index is 14.1. The van der Waals surface area contributed by atoms with E-state index < -0.39 is 0 Å². The normalized spacial score (nSPS) is 45.4. The first-order chi connectivity index (χ1) is 37.0. The summed E-state index contributed by atoms with van der Waals surface area (Å²) in [4.78, 5) is 16.2. The van der Waals surface area contributed by atoms with Crippen molar-refractivity contribution < 1.29 is 29.2 Å². The number of nitrogens with zero attached hydrogens (tertiary/aromatic N) is 1. The summed E-state index contributed by atoms with van der Waals surface area (Å²) in [6.45, 7) is 21.5. The van der Waals surface area contributed by atoms with Gasteiger partial charge in [-0.15, -0.1) is 0 Å². The van der Waals surface area contributed by atoms with E-state index in [0.29, 0.717) is 53.8 Å². The maximum atomic E-state index is 14.1. The third kappa shape index (κ3) is 7.90. The first kappa shape index (κ1) is 53.8. The smallest absolute Gasteiger partial charge is 0.410 e. The van der Waals surface area contributed by atoms with E-state index in [-0.39, 0.29) is 66.3 Å². The van der Waals surface area contributed by atoms with E-state index in [9.17, 15) is 15.0 Å². The SMILES string of the molecule is C.CC1=C2C[C@H]3[C@@H](CC=C4C[C@@H](O)CC[C@@]43C)[C@@H]2CC[C@]12O[C@@H]1C[C@H](C)CN(C(=O)OCC3c4ccccc4-c4ccccc43)[C@H]1[C@H]2C.CC1=C2C[C@H]3[C@@H](CC=C4C[C@@H](O)CC[C@@]43C)[C@@H]2CC[C@]12O[C@@H]1C[C@H](C)CN[C@H]1[C@H]2C. The molecule has 0 radical (unpaired) electrons. The first-order valence-electron chi connectivity index (χ1n) is 31.4. The molecular formula is C70H96N2O6. The highest BCUT2D eigenvalue weighted by molar-refractivity contribution is 5.79. The van der Waals surface area contributed by atoms with Crippen LogP contribution in [0.5, 0.6) is 0 Å². The summed E-state index contributed by atoms with van der Waals surface area (Å²) in [6.07, 6.45) is 22.8. The number of likely N-dealkylation sites (tertiary alicyclic amines) is 1. The Morgan fingerprint density at radius 3 is 1.76 bits per heavy atom. The quantitative estimate of drug-likeness (QED) is 0.258. The zero-order valence-corrected chi connectivity index (χ0v) is 48.0. The average molecular weight is 1060 g/mol. The molecule has 8 nitrogen and oxygen atoms in total. The van der Waals surface area contributed by atoms with Gasteiger partial charge >= 0.3 is 6.09 Å². The highest BCUT2D eigenvalue weighted by Gasteiger charge is 2.64. The van der Waals surface area contributed by atoms with Gasteiger partial charge in [-0.3, -0.25) is 0 Å². The zero-order valence-electron chi connectivity index (χ0n) is 48.0. The first-order valence-corrected chi connectivity index (χ1v) is 31.4. The van der Waals surface area contributed by atoms with Gasteiger partial charge in [-0.1, -0.05) is 132 Å². The van der Waals surface area contributed by atoms with Crippen molar-refractivity contribution in [2.45, 2.75) is 219 Å². The number of piperidine rings is 2. The number of carbonyl (C=O) groups is 1. The standard InChI is InChI=1S/C42H51NO4.C27H41NO2.CH4/c1-24-19-38-39(43(22-24)40(45)46-23-36-31-11-7-5-9-29(31)30-10-6-8-12-32(30)36)26(3)42(47-38)18-16-33-34-14-13-27-20-28(44)15-17-41(27,4)37(34)21-35(33)25(42)2;1-15-11-24-25(28-14-15)17(3)27(30-24)10-8-20-21-6-5-18-12-19(29)7-9-26(18,4)23(21)13-22(20)16(27)2;/h5-13,24,26,28,33-34,36-39,44H,14-23H2,1-4H3;5,15,17,19-21,23-25,28-29H,6-14H2,1-4H3;1H4/t24-,26+,28-,33-,34-,37-,38+,39-,41-,42-;15-,17+,19-,20-,21-,23-,24+,25-,26-,27-;/m00./s1. The van der Waals surface area contributed by atoms with Crippen molar-refractivity contribution in [1.29, 1.82) is 0 Å². The average Bonchev–Trinajstić information content (AvgIpc) is 4.27. The molecule has 4 saturated carbocycles. The van der Waals surface area contributed by atoms with Crippen LogP contribution in [0.1, 0.15) is 183 Å². The molecular weight excluding hydrogens is 965 g/mol. The molecule has 4 saturated heterocycles. The molecule has 422 valence electrons. The second-order valence-electron chi connectivity index (χ2n) is 28.8. The topological polar surface area (TPSA) is 100 Å². The van der Waals surface area contributed by atoms with Crippen LogP contribution in [0.3, 0.4) is 0 Å². The van der Waals surface area contributed by atoms with Crippen molar-refractivity contribution in [3.05, 3.63) is 105 Å². The number of carbonyl (C=O) groups excluding carboxylic acids is 1. The summed E-state index contributed by atoms with van der Waals surface area (Å²) in [5.74, 6) is 6.29. The van der Waals surface area contributed by atoms with Gasteiger partial charge in [-0.05, 0) is 215 Å². The lowest BCUT2D eigenvalue weighted by atomic mass is 9.56. The van der Waals surface area contributed by atoms with Crippen molar-refractivity contribution in [2.24, 2.45) is 70.0 Å². The Hall–Kier alpha value is -3.53. The molecule has 0 unspecified atom stereocenters. The van der Waals surface area contributed by atoms with E-state index in [1.807, 2.05) is 0 Å². The van der Waals surface area contributed by atoms with Crippen LogP contribution in [0.2, 0.25) is 0 Å². The third-order valence-corrected chi connectivity index (χ3v) is 25.4. The van der Waals surface area contributed by atoms with Crippen LogP contribution in [0.4, 0.5) is 4.79 Å². The highest BCUT2D eigenvalue weighted by Crippen LogP contribution is 2.67. The van der Waals surface area contributed by atoms with Crippen LogP contribution in [0.15, 0.2) is 94.1 Å². The minimum Gasteiger partial charge on any atom is -0.448 e. The van der Waals surface area contributed by atoms with Gasteiger partial charge in [0, 0.05) is 30.3 Å². The van der Waals surface area contributed by atoms with Crippen LogP contribution in [0, 0.1) is 70.0 Å². The molecule has 9 aliphatic carbocycles. The number of fused-ring (bicyclic) bond motifs is 15. The molecule has 8 fully saturated rings. The number of ether oxygens (including phenoxy) is 3. The van der Waals surface area contributed by atoms with Crippen LogP contribution in [-0.2, 0) is 14.2 Å². The summed E-state index contributed by atoms with van der Waals surface area (Å²) in [7, 11) is 0. The van der Waals surface area contributed by atoms with Gasteiger partial charge in [0.1, 0.15) is 6.61 Å². The molecule has 2 spiro atoms. The zero-order chi connectivity index (χ0) is 53.1. The molecule has 3 N–H and O–H groups in total. The van der Waals surface area contributed by atoms with Gasteiger partial charge in [0.15, 0.2) is 0 Å². The molecule has 20 atom stereocenters. The monoisotopic (exact) mass is 1060 g/mol. The van der Waals surface area contributed by atoms with Gasteiger partial charge in [0.25, 0.3) is 0 Å². The number of nitrogens with one attached hydrogen (secondary N) is 1. The predicted molar refractivity (Wildman–Crippen MR) is 311 cm³/mol. The Balaban J connectivity index is 0.000000161. The lowest BCUT2D eigenvalue weighted by molar-refractivity contribution is -0.0637. The molecule has 0 aromatic heterocycles. The number of hydrogen-bond acceptors (Lipinski definition) is 7. The third-order valence-electron chi connectivity index (χ3n) is 25.4. The minimum atomic E-state index is -0.305. The second kappa shape index (κ2) is 19.6. The van der Waals surface area contributed by atoms with Crippen molar-refractivity contribution >= 4 is 6.09 Å². The molecule has 78 heavy (non-hydrogen) atoms. The summed E-state index contributed by atoms with van der Waals surface area (Å²) in [5, 5.41) is 24.6. The molecule has 2 aromatic rings. The molecule has 4 aliphatic heterocycles. The van der Waals surface area contributed by atoms with Crippen LogP contribution in [-0.4, -0.2) is 88.6 Å². The number of amides is 1. The predicted octanol–water partition coefficient (Wildman–Crippen LogP) is 14.3. The Labute approximate surface area is 468 Å². The Bertz CT molecular complexity index is 2780. The van der Waals surface area contributed by atoms with Crippen molar-refractivity contribution in [3.8, 4) is 11.1 Å². The molecule has 13 aliphatic rings. The fourth-order valence-corrected chi connectivity index (χ4v) is 21.3. The number of rotatable bonds is 2. The van der Waals surface area contributed by atoms with Gasteiger partial charge < -0.3 is 34.6 Å². The number of aliphatic hydroxyl groups is 2. The second-order valence-corrected chi connectivity index (χ2v) is 28.8. The lowest BCUT2D eigenvalue weighted by Gasteiger charge is -2.49. The number of hydrogen-bond donors (Lipinski definition) is 3. The minimum absolute atomic E-state index is 0. The molecule has 2 aromatic carbocycles. The molecule has 8 heteroatoms. The molecule has 4 heterocycles. The molecule has 0 bridgehead atoms. The van der Waals surface area contributed by atoms with Gasteiger partial charge in [-0.25, -0.2) is 4.79 Å². The summed E-state index contributed by atoms with van der Waals surface area (Å²) in [5.41, 5.74) is 14.8. The molecule has 15 rings (SSSR count).